The van der Waals surface area contributed by atoms with E-state index < -0.39 is 15.9 Å². The number of amides is 1. The van der Waals surface area contributed by atoms with Crippen LogP contribution in [0.25, 0.3) is 5.57 Å². The van der Waals surface area contributed by atoms with Gasteiger partial charge in [0.25, 0.3) is 5.91 Å². The van der Waals surface area contributed by atoms with Crippen molar-refractivity contribution < 1.29 is 17.9 Å². The molecule has 1 saturated heterocycles. The number of benzene rings is 2. The number of carbonyl (C=O) groups excluding carboxylic acids is 1. The van der Waals surface area contributed by atoms with Gasteiger partial charge in [-0.2, -0.15) is 14.8 Å². The Balaban J connectivity index is 1.67. The second-order valence-corrected chi connectivity index (χ2v) is 9.44. The van der Waals surface area contributed by atoms with Crippen LogP contribution in [-0.2, 0) is 14.8 Å². The molecule has 0 saturated carbocycles. The first-order chi connectivity index (χ1) is 15.4. The first kappa shape index (κ1) is 21.6. The molecule has 162 valence electrons. The van der Waals surface area contributed by atoms with E-state index in [1.807, 2.05) is 30.3 Å². The van der Waals surface area contributed by atoms with E-state index in [0.29, 0.717) is 30.8 Å². The van der Waals surface area contributed by atoms with Crippen LogP contribution in [0.15, 0.2) is 59.0 Å². The number of fused-ring (bicyclic) bond motifs is 1. The minimum absolute atomic E-state index is 0.0127. The Labute approximate surface area is 186 Å². The summed E-state index contributed by atoms with van der Waals surface area (Å²) in [6.45, 7) is 0.596. The van der Waals surface area contributed by atoms with Crippen molar-refractivity contribution in [2.24, 2.45) is 0 Å². The third kappa shape index (κ3) is 3.62. The topological polar surface area (TPSA) is 114 Å². The molecule has 1 amide bonds. The lowest BCUT2D eigenvalue weighted by Crippen LogP contribution is -2.39. The molecule has 1 atom stereocenters. The van der Waals surface area contributed by atoms with Crippen molar-refractivity contribution in [1.82, 2.24) is 4.31 Å². The number of ether oxygens (including phenoxy) is 1. The van der Waals surface area contributed by atoms with Crippen LogP contribution in [-0.4, -0.2) is 44.9 Å². The third-order valence-corrected chi connectivity index (χ3v) is 7.65. The summed E-state index contributed by atoms with van der Waals surface area (Å²) in [7, 11) is -2.36. The van der Waals surface area contributed by atoms with Gasteiger partial charge in [-0.3, -0.25) is 4.79 Å². The van der Waals surface area contributed by atoms with Gasteiger partial charge in [-0.15, -0.1) is 0 Å². The summed E-state index contributed by atoms with van der Waals surface area (Å²) in [4.78, 5) is 13.9. The number of sulfonamides is 1. The smallest absolute Gasteiger partial charge is 0.260 e. The van der Waals surface area contributed by atoms with Gasteiger partial charge in [0.15, 0.2) is 0 Å². The van der Waals surface area contributed by atoms with E-state index >= 15 is 0 Å². The number of hydrogen-bond donors (Lipinski definition) is 0. The Kier molecular flexibility index (Phi) is 5.70. The zero-order chi connectivity index (χ0) is 22.9. The molecule has 1 fully saturated rings. The second kappa shape index (κ2) is 8.46. The number of anilines is 1. The number of para-hydroxylation sites is 1. The number of rotatable bonds is 5. The first-order valence-electron chi connectivity index (χ1n) is 10.0. The lowest BCUT2D eigenvalue weighted by molar-refractivity contribution is -0.112. The summed E-state index contributed by atoms with van der Waals surface area (Å²) in [6.07, 6.45) is 1.39. The Hall–Kier alpha value is -3.66. The van der Waals surface area contributed by atoms with E-state index in [-0.39, 0.29) is 34.3 Å². The van der Waals surface area contributed by atoms with Crippen molar-refractivity contribution in [3.8, 4) is 17.9 Å². The fraction of sp³-hybridized carbons (Fsp3) is 0.261. The zero-order valence-electron chi connectivity index (χ0n) is 17.4. The molecule has 0 N–H and O–H groups in total. The van der Waals surface area contributed by atoms with Gasteiger partial charge in [0.1, 0.15) is 30.1 Å². The SMILES string of the molecule is CN1C(=O)C(=C(C#N)C#N)c2cc(S(=O)(=O)N3CCC[C@H]3COc3ccccc3)ccc21. The quantitative estimate of drug-likeness (QED) is 0.513. The lowest BCUT2D eigenvalue weighted by Gasteiger charge is -2.24. The van der Waals surface area contributed by atoms with E-state index in [4.69, 9.17) is 4.74 Å². The minimum atomic E-state index is -3.88. The molecule has 2 aromatic carbocycles. The molecule has 2 heterocycles. The highest BCUT2D eigenvalue weighted by molar-refractivity contribution is 7.89. The van der Waals surface area contributed by atoms with Crippen LogP contribution in [0.4, 0.5) is 5.69 Å². The molecule has 0 aromatic heterocycles. The van der Waals surface area contributed by atoms with Crippen LogP contribution < -0.4 is 9.64 Å². The minimum Gasteiger partial charge on any atom is -0.492 e. The number of carbonyl (C=O) groups is 1. The normalized spacial score (nSPS) is 18.2. The third-order valence-electron chi connectivity index (χ3n) is 5.71. The van der Waals surface area contributed by atoms with Crippen molar-refractivity contribution in [3.05, 3.63) is 59.7 Å². The van der Waals surface area contributed by atoms with Crippen molar-refractivity contribution in [3.63, 3.8) is 0 Å². The van der Waals surface area contributed by atoms with Gasteiger partial charge >= 0.3 is 0 Å². The average Bonchev–Trinajstić information content (AvgIpc) is 3.38. The molecule has 2 aliphatic heterocycles. The van der Waals surface area contributed by atoms with E-state index in [1.165, 1.54) is 34.5 Å². The molecule has 0 spiro atoms. The molecular formula is C23H20N4O4S. The Bertz CT molecular complexity index is 1270. The maximum atomic E-state index is 13.5. The van der Waals surface area contributed by atoms with Crippen LogP contribution in [0, 0.1) is 22.7 Å². The molecule has 8 nitrogen and oxygen atoms in total. The standard InChI is InChI=1S/C23H20N4O4S/c1-26-21-10-9-19(12-20(21)22(23(26)28)16(13-24)14-25)32(29,30)27-11-5-6-17(27)15-31-18-7-3-2-4-8-18/h2-4,7-10,12,17H,5-6,11,15H2,1H3/t17-/m0/s1. The summed E-state index contributed by atoms with van der Waals surface area (Å²) < 4.78 is 34.1. The summed E-state index contributed by atoms with van der Waals surface area (Å²) in [6, 6.07) is 16.7. The molecule has 2 aliphatic rings. The van der Waals surface area contributed by atoms with Gasteiger partial charge in [-0.25, -0.2) is 8.42 Å². The summed E-state index contributed by atoms with van der Waals surface area (Å²) >= 11 is 0. The van der Waals surface area contributed by atoms with Crippen LogP contribution >= 0.6 is 0 Å². The predicted octanol–water partition coefficient (Wildman–Crippen LogP) is 2.70. The highest BCUT2D eigenvalue weighted by Gasteiger charge is 2.38. The van der Waals surface area contributed by atoms with Crippen molar-refractivity contribution in [2.45, 2.75) is 23.8 Å². The zero-order valence-corrected chi connectivity index (χ0v) is 18.2. The maximum Gasteiger partial charge on any atom is 0.260 e. The Morgan fingerprint density at radius 2 is 1.88 bits per heavy atom. The van der Waals surface area contributed by atoms with E-state index in [0.717, 1.165) is 0 Å². The van der Waals surface area contributed by atoms with Crippen LogP contribution in [0.5, 0.6) is 5.75 Å². The van der Waals surface area contributed by atoms with Crippen molar-refractivity contribution in [2.75, 3.05) is 25.1 Å². The highest BCUT2D eigenvalue weighted by atomic mass is 32.2. The van der Waals surface area contributed by atoms with E-state index in [2.05, 4.69) is 0 Å². The molecule has 4 rings (SSSR count). The lowest BCUT2D eigenvalue weighted by atomic mass is 10.0. The maximum absolute atomic E-state index is 13.5. The van der Waals surface area contributed by atoms with Gasteiger partial charge < -0.3 is 9.64 Å². The van der Waals surface area contributed by atoms with Crippen LogP contribution in [0.1, 0.15) is 18.4 Å². The number of nitrogens with zero attached hydrogens (tertiary/aromatic N) is 4. The summed E-state index contributed by atoms with van der Waals surface area (Å²) in [5.74, 6) is 0.161. The van der Waals surface area contributed by atoms with E-state index in [9.17, 15) is 23.7 Å². The van der Waals surface area contributed by atoms with Gasteiger partial charge in [-0.1, -0.05) is 18.2 Å². The molecule has 0 unspecified atom stereocenters. The van der Waals surface area contributed by atoms with Crippen LogP contribution in [0.3, 0.4) is 0 Å². The van der Waals surface area contributed by atoms with Gasteiger partial charge in [0.2, 0.25) is 10.0 Å². The van der Waals surface area contributed by atoms with Gasteiger partial charge in [0, 0.05) is 19.2 Å². The summed E-state index contributed by atoms with van der Waals surface area (Å²) in [5, 5.41) is 18.5. The average molecular weight is 449 g/mol. The fourth-order valence-electron chi connectivity index (χ4n) is 4.08. The molecular weight excluding hydrogens is 428 g/mol. The first-order valence-corrected chi connectivity index (χ1v) is 11.5. The van der Waals surface area contributed by atoms with Gasteiger partial charge in [0.05, 0.1) is 22.2 Å². The fourth-order valence-corrected chi connectivity index (χ4v) is 5.78. The monoisotopic (exact) mass is 448 g/mol. The Morgan fingerprint density at radius 1 is 1.16 bits per heavy atom. The number of nitriles is 2. The number of likely N-dealkylation sites (N-methyl/N-ethyl adjacent to an activating group) is 1. The summed E-state index contributed by atoms with van der Waals surface area (Å²) in [5.41, 5.74) is 0.311. The molecule has 0 radical (unpaired) electrons. The molecule has 0 bridgehead atoms. The van der Waals surface area contributed by atoms with Crippen LogP contribution in [0.2, 0.25) is 0 Å². The number of hydrogen-bond acceptors (Lipinski definition) is 6. The van der Waals surface area contributed by atoms with E-state index in [1.54, 1.807) is 12.1 Å². The van der Waals surface area contributed by atoms with Gasteiger partial charge in [-0.05, 0) is 43.2 Å². The molecule has 2 aromatic rings. The van der Waals surface area contributed by atoms with Crippen molar-refractivity contribution >= 4 is 27.2 Å². The molecule has 32 heavy (non-hydrogen) atoms. The Morgan fingerprint density at radius 3 is 2.56 bits per heavy atom. The highest BCUT2D eigenvalue weighted by Crippen LogP contribution is 2.39. The molecule has 0 aliphatic carbocycles. The van der Waals surface area contributed by atoms with Crippen molar-refractivity contribution in [1.29, 1.82) is 10.5 Å². The second-order valence-electron chi connectivity index (χ2n) is 7.55. The largest absolute Gasteiger partial charge is 0.492 e. The molecule has 9 heteroatoms. The predicted molar refractivity (Wildman–Crippen MR) is 117 cm³/mol. The number of allylic oxidation sites excluding steroid dienone is 1.